The maximum absolute atomic E-state index is 4.18. The maximum Gasteiger partial charge on any atom is 0.0547 e. The summed E-state index contributed by atoms with van der Waals surface area (Å²) >= 11 is 1.81. The third kappa shape index (κ3) is 2.33. The summed E-state index contributed by atoms with van der Waals surface area (Å²) in [6.45, 7) is 5.25. The van der Waals surface area contributed by atoms with Gasteiger partial charge in [-0.25, -0.2) is 0 Å². The molecule has 4 heteroatoms. The second-order valence-electron chi connectivity index (χ2n) is 4.01. The minimum atomic E-state index is 0.328. The van der Waals surface area contributed by atoms with Gasteiger partial charge in [0.05, 0.1) is 5.69 Å². The largest absolute Gasteiger partial charge is 0.304 e. The number of nitrogens with zero attached hydrogens (tertiary/aromatic N) is 2. The SMILES string of the molecule is Cc1ccsc1CNC(C)c1ccnn1C. The molecule has 1 unspecified atom stereocenters. The van der Waals surface area contributed by atoms with Crippen LogP contribution in [0.4, 0.5) is 0 Å². The van der Waals surface area contributed by atoms with Gasteiger partial charge in [0, 0.05) is 30.7 Å². The monoisotopic (exact) mass is 235 g/mol. The summed E-state index contributed by atoms with van der Waals surface area (Å²) in [4.78, 5) is 1.41. The lowest BCUT2D eigenvalue weighted by molar-refractivity contribution is 0.532. The van der Waals surface area contributed by atoms with Crippen LogP contribution in [-0.4, -0.2) is 9.78 Å². The predicted octanol–water partition coefficient (Wildman–Crippen LogP) is 2.64. The highest BCUT2D eigenvalue weighted by Gasteiger charge is 2.09. The molecule has 0 aliphatic rings. The van der Waals surface area contributed by atoms with Crippen molar-refractivity contribution >= 4 is 11.3 Å². The molecular formula is C12H17N3S. The van der Waals surface area contributed by atoms with Crippen LogP contribution in [0.5, 0.6) is 0 Å². The van der Waals surface area contributed by atoms with Crippen LogP contribution in [-0.2, 0) is 13.6 Å². The Hall–Kier alpha value is -1.13. The average molecular weight is 235 g/mol. The number of aryl methyl sites for hydroxylation is 2. The van der Waals surface area contributed by atoms with Crippen LogP contribution in [0.25, 0.3) is 0 Å². The molecule has 0 bridgehead atoms. The highest BCUT2D eigenvalue weighted by atomic mass is 32.1. The van der Waals surface area contributed by atoms with Crippen molar-refractivity contribution in [3.05, 3.63) is 39.8 Å². The molecule has 0 aliphatic heterocycles. The lowest BCUT2D eigenvalue weighted by Crippen LogP contribution is -2.20. The van der Waals surface area contributed by atoms with Crippen LogP contribution >= 0.6 is 11.3 Å². The Bertz CT molecular complexity index is 458. The lowest BCUT2D eigenvalue weighted by atomic mass is 10.2. The standard InChI is InChI=1S/C12H17N3S/c1-9-5-7-16-12(9)8-13-10(2)11-4-6-14-15(11)3/h4-7,10,13H,8H2,1-3H3. The molecule has 0 saturated carbocycles. The van der Waals surface area contributed by atoms with Crippen molar-refractivity contribution in [3.8, 4) is 0 Å². The second-order valence-corrected chi connectivity index (χ2v) is 5.01. The fourth-order valence-corrected chi connectivity index (χ4v) is 2.60. The summed E-state index contributed by atoms with van der Waals surface area (Å²) in [5.74, 6) is 0. The van der Waals surface area contributed by atoms with Gasteiger partial charge in [-0.1, -0.05) is 0 Å². The second kappa shape index (κ2) is 4.80. The Kier molecular flexibility index (Phi) is 3.41. The zero-order valence-electron chi connectivity index (χ0n) is 9.90. The number of aromatic nitrogens is 2. The van der Waals surface area contributed by atoms with Crippen LogP contribution in [0, 0.1) is 6.92 Å². The first-order valence-electron chi connectivity index (χ1n) is 5.42. The molecule has 0 fully saturated rings. The molecule has 1 atom stereocenters. The molecule has 0 spiro atoms. The highest BCUT2D eigenvalue weighted by Crippen LogP contribution is 2.17. The summed E-state index contributed by atoms with van der Waals surface area (Å²) in [6.07, 6.45) is 1.84. The molecule has 16 heavy (non-hydrogen) atoms. The quantitative estimate of drug-likeness (QED) is 0.883. The highest BCUT2D eigenvalue weighted by molar-refractivity contribution is 7.10. The van der Waals surface area contributed by atoms with Crippen LogP contribution in [0.3, 0.4) is 0 Å². The Morgan fingerprint density at radius 2 is 2.31 bits per heavy atom. The molecule has 86 valence electrons. The topological polar surface area (TPSA) is 29.9 Å². The van der Waals surface area contributed by atoms with E-state index < -0.39 is 0 Å². The van der Waals surface area contributed by atoms with Crippen molar-refractivity contribution in [1.82, 2.24) is 15.1 Å². The Labute approximate surface area is 100 Å². The van der Waals surface area contributed by atoms with E-state index in [1.165, 1.54) is 16.1 Å². The molecule has 2 rings (SSSR count). The molecule has 2 aromatic rings. The summed E-state index contributed by atoms with van der Waals surface area (Å²) in [5.41, 5.74) is 2.59. The minimum absolute atomic E-state index is 0.328. The van der Waals surface area contributed by atoms with Gasteiger partial charge in [-0.2, -0.15) is 5.10 Å². The number of hydrogen-bond donors (Lipinski definition) is 1. The fourth-order valence-electron chi connectivity index (χ4n) is 1.74. The summed E-state index contributed by atoms with van der Waals surface area (Å²) in [7, 11) is 1.98. The smallest absolute Gasteiger partial charge is 0.0547 e. The van der Waals surface area contributed by atoms with Gasteiger partial charge < -0.3 is 5.32 Å². The molecule has 2 heterocycles. The Morgan fingerprint density at radius 1 is 1.50 bits per heavy atom. The van der Waals surface area contributed by atoms with Crippen molar-refractivity contribution in [1.29, 1.82) is 0 Å². The van der Waals surface area contributed by atoms with Gasteiger partial charge in [0.2, 0.25) is 0 Å². The van der Waals surface area contributed by atoms with E-state index in [1.807, 2.05) is 29.3 Å². The third-order valence-electron chi connectivity index (χ3n) is 2.84. The molecule has 0 saturated heterocycles. The molecule has 1 N–H and O–H groups in total. The number of thiophene rings is 1. The molecule has 0 amide bonds. The van der Waals surface area contributed by atoms with Crippen LogP contribution in [0.1, 0.15) is 29.1 Å². The van der Waals surface area contributed by atoms with Gasteiger partial charge in [0.1, 0.15) is 0 Å². The number of nitrogens with one attached hydrogen (secondary N) is 1. The van der Waals surface area contributed by atoms with Crippen molar-refractivity contribution in [2.45, 2.75) is 26.4 Å². The van der Waals surface area contributed by atoms with Crippen LogP contribution in [0.15, 0.2) is 23.7 Å². The van der Waals surface area contributed by atoms with E-state index >= 15 is 0 Å². The van der Waals surface area contributed by atoms with E-state index in [0.29, 0.717) is 6.04 Å². The Morgan fingerprint density at radius 3 is 2.88 bits per heavy atom. The van der Waals surface area contributed by atoms with Gasteiger partial charge >= 0.3 is 0 Å². The number of rotatable bonds is 4. The van der Waals surface area contributed by atoms with E-state index in [2.05, 4.69) is 41.8 Å². The van der Waals surface area contributed by atoms with Gasteiger partial charge in [-0.15, -0.1) is 11.3 Å². The van der Waals surface area contributed by atoms with E-state index in [-0.39, 0.29) is 0 Å². The summed E-state index contributed by atoms with van der Waals surface area (Å²) in [5, 5.41) is 9.84. The van der Waals surface area contributed by atoms with Crippen LogP contribution < -0.4 is 5.32 Å². The van der Waals surface area contributed by atoms with E-state index in [9.17, 15) is 0 Å². The molecular weight excluding hydrogens is 218 g/mol. The van der Waals surface area contributed by atoms with Crippen molar-refractivity contribution < 1.29 is 0 Å². The summed E-state index contributed by atoms with van der Waals surface area (Å²) in [6, 6.07) is 4.55. The molecule has 2 aromatic heterocycles. The van der Waals surface area contributed by atoms with Crippen molar-refractivity contribution in [3.63, 3.8) is 0 Å². The third-order valence-corrected chi connectivity index (χ3v) is 3.86. The maximum atomic E-state index is 4.18. The molecule has 3 nitrogen and oxygen atoms in total. The number of hydrogen-bond acceptors (Lipinski definition) is 3. The van der Waals surface area contributed by atoms with E-state index in [4.69, 9.17) is 0 Å². The normalized spacial score (nSPS) is 12.9. The van der Waals surface area contributed by atoms with E-state index in [1.54, 1.807) is 0 Å². The van der Waals surface area contributed by atoms with E-state index in [0.717, 1.165) is 6.54 Å². The molecule has 0 aromatic carbocycles. The fraction of sp³-hybridized carbons (Fsp3) is 0.417. The first-order valence-corrected chi connectivity index (χ1v) is 6.30. The predicted molar refractivity (Wildman–Crippen MR) is 67.5 cm³/mol. The minimum Gasteiger partial charge on any atom is -0.304 e. The Balaban J connectivity index is 1.97. The zero-order chi connectivity index (χ0) is 11.5. The van der Waals surface area contributed by atoms with Gasteiger partial charge in [-0.3, -0.25) is 4.68 Å². The first-order chi connectivity index (χ1) is 7.68. The first kappa shape index (κ1) is 11.4. The van der Waals surface area contributed by atoms with Crippen molar-refractivity contribution in [2.24, 2.45) is 7.05 Å². The van der Waals surface area contributed by atoms with Gasteiger partial charge in [0.15, 0.2) is 0 Å². The zero-order valence-corrected chi connectivity index (χ0v) is 10.7. The molecule has 0 radical (unpaired) electrons. The van der Waals surface area contributed by atoms with Crippen molar-refractivity contribution in [2.75, 3.05) is 0 Å². The average Bonchev–Trinajstić information content (AvgIpc) is 2.84. The molecule has 0 aliphatic carbocycles. The van der Waals surface area contributed by atoms with Crippen LogP contribution in [0.2, 0.25) is 0 Å². The van der Waals surface area contributed by atoms with Gasteiger partial charge in [-0.05, 0) is 36.9 Å². The van der Waals surface area contributed by atoms with Gasteiger partial charge in [0.25, 0.3) is 0 Å². The lowest BCUT2D eigenvalue weighted by Gasteiger charge is -2.13. The summed E-state index contributed by atoms with van der Waals surface area (Å²) < 4.78 is 1.92.